The Labute approximate surface area is 95.9 Å². The molecule has 1 rings (SSSR count). The summed E-state index contributed by atoms with van der Waals surface area (Å²) in [5.41, 5.74) is 4.41. The van der Waals surface area contributed by atoms with Crippen molar-refractivity contribution >= 4 is 5.97 Å². The largest absolute Gasteiger partial charge is 0.480 e. The molecule has 0 heterocycles. The lowest BCUT2D eigenvalue weighted by Gasteiger charge is -2.45. The lowest BCUT2D eigenvalue weighted by atomic mass is 9.68. The number of nitrogens with two attached hydrogens (primary N) is 1. The van der Waals surface area contributed by atoms with Crippen molar-refractivity contribution in [3.63, 3.8) is 0 Å². The fourth-order valence-corrected chi connectivity index (χ4v) is 2.48. The third-order valence-corrected chi connectivity index (χ3v) is 3.79. The first-order chi connectivity index (χ1) is 7.40. The van der Waals surface area contributed by atoms with Crippen molar-refractivity contribution in [2.45, 2.75) is 37.3 Å². The Hall–Kier alpha value is -0.650. The van der Waals surface area contributed by atoms with Crippen LogP contribution in [0.3, 0.4) is 0 Å². The molecule has 0 spiro atoms. The van der Waals surface area contributed by atoms with Crippen molar-refractivity contribution in [2.75, 3.05) is 20.8 Å². The van der Waals surface area contributed by atoms with E-state index >= 15 is 0 Å². The minimum Gasteiger partial charge on any atom is -0.480 e. The van der Waals surface area contributed by atoms with Crippen LogP contribution in [0.25, 0.3) is 0 Å². The summed E-state index contributed by atoms with van der Waals surface area (Å²) in [7, 11) is 3.25. The minimum absolute atomic E-state index is 0.131. The quantitative estimate of drug-likeness (QED) is 0.741. The van der Waals surface area contributed by atoms with Gasteiger partial charge in [0.15, 0.2) is 0 Å². The second-order valence-electron chi connectivity index (χ2n) is 4.77. The van der Waals surface area contributed by atoms with Crippen LogP contribution in [0.1, 0.15) is 26.2 Å². The summed E-state index contributed by atoms with van der Waals surface area (Å²) >= 11 is 0. The predicted octanol–water partition coefficient (Wildman–Crippen LogP) is 0.620. The normalized spacial score (nSPS) is 39.6. The van der Waals surface area contributed by atoms with Gasteiger partial charge in [-0.25, -0.2) is 0 Å². The molecule has 1 aliphatic rings. The molecule has 1 saturated carbocycles. The smallest absolute Gasteiger partial charge is 0.323 e. The van der Waals surface area contributed by atoms with E-state index in [0.717, 1.165) is 0 Å². The third kappa shape index (κ3) is 2.21. The Balaban J connectivity index is 2.80. The molecule has 1 fully saturated rings. The molecule has 0 bridgehead atoms. The number of aliphatic carboxylic acids is 1. The fourth-order valence-electron chi connectivity index (χ4n) is 2.48. The van der Waals surface area contributed by atoms with Crippen molar-refractivity contribution < 1.29 is 19.4 Å². The average molecular weight is 231 g/mol. The zero-order valence-electron chi connectivity index (χ0n) is 10.2. The molecule has 0 aliphatic heterocycles. The van der Waals surface area contributed by atoms with E-state index in [0.29, 0.717) is 25.9 Å². The van der Waals surface area contributed by atoms with Crippen LogP contribution in [0.15, 0.2) is 0 Å². The Morgan fingerprint density at radius 2 is 2.12 bits per heavy atom. The van der Waals surface area contributed by atoms with E-state index < -0.39 is 11.5 Å². The number of carboxylic acids is 1. The molecule has 0 aromatic heterocycles. The highest BCUT2D eigenvalue weighted by atomic mass is 16.5. The van der Waals surface area contributed by atoms with E-state index in [-0.39, 0.29) is 11.5 Å². The van der Waals surface area contributed by atoms with Crippen molar-refractivity contribution in [2.24, 2.45) is 11.7 Å². The number of hydrogen-bond donors (Lipinski definition) is 2. The predicted molar refractivity (Wildman–Crippen MR) is 59.2 cm³/mol. The third-order valence-electron chi connectivity index (χ3n) is 3.79. The molecule has 0 saturated heterocycles. The van der Waals surface area contributed by atoms with Gasteiger partial charge in [0.1, 0.15) is 5.54 Å². The number of methoxy groups -OCH3 is 2. The number of carboxylic acid groups (broad SMARTS) is 1. The van der Waals surface area contributed by atoms with E-state index in [1.165, 1.54) is 0 Å². The minimum atomic E-state index is -1.13. The van der Waals surface area contributed by atoms with Gasteiger partial charge >= 0.3 is 5.97 Å². The van der Waals surface area contributed by atoms with Gasteiger partial charge in [-0.1, -0.05) is 6.92 Å². The Kier molecular flexibility index (Phi) is 3.93. The zero-order valence-corrected chi connectivity index (χ0v) is 10.2. The number of carbonyl (C=O) groups is 1. The summed E-state index contributed by atoms with van der Waals surface area (Å²) < 4.78 is 10.6. The van der Waals surface area contributed by atoms with Crippen LogP contribution in [0.5, 0.6) is 0 Å². The van der Waals surface area contributed by atoms with Crippen LogP contribution in [-0.4, -0.2) is 43.0 Å². The first-order valence-electron chi connectivity index (χ1n) is 5.46. The molecule has 3 N–H and O–H groups in total. The monoisotopic (exact) mass is 231 g/mol. The molecule has 0 aromatic rings. The van der Waals surface area contributed by atoms with Gasteiger partial charge in [-0.15, -0.1) is 0 Å². The Morgan fingerprint density at radius 1 is 1.50 bits per heavy atom. The van der Waals surface area contributed by atoms with Gasteiger partial charge in [-0.05, 0) is 25.2 Å². The summed E-state index contributed by atoms with van der Waals surface area (Å²) in [6.45, 7) is 2.33. The molecule has 0 amide bonds. The molecule has 5 heteroatoms. The average Bonchev–Trinajstić information content (AvgIpc) is 2.24. The summed E-state index contributed by atoms with van der Waals surface area (Å²) in [5, 5.41) is 9.14. The van der Waals surface area contributed by atoms with Crippen molar-refractivity contribution in [3.8, 4) is 0 Å². The molecule has 0 aromatic carbocycles. The van der Waals surface area contributed by atoms with Crippen LogP contribution in [0, 0.1) is 5.92 Å². The van der Waals surface area contributed by atoms with E-state index in [1.54, 1.807) is 14.2 Å². The number of ether oxygens (including phenoxy) is 2. The summed E-state index contributed by atoms with van der Waals surface area (Å²) in [6.07, 6.45) is 1.64. The second kappa shape index (κ2) is 4.69. The van der Waals surface area contributed by atoms with Crippen LogP contribution in [-0.2, 0) is 14.3 Å². The fraction of sp³-hybridized carbons (Fsp3) is 0.909. The molecule has 16 heavy (non-hydrogen) atoms. The molecule has 94 valence electrons. The SMILES string of the molecule is COCC1(OC)CC[C@@](N)(C(=O)O)[C@H](C)C1. The summed E-state index contributed by atoms with van der Waals surface area (Å²) in [6, 6.07) is 0. The standard InChI is InChI=1S/C11H21NO4/c1-8-6-10(16-3,7-15-2)4-5-11(8,12)9(13)14/h8H,4-7,12H2,1-3H3,(H,13,14)/t8-,10?,11+/m1/s1. The molecule has 5 nitrogen and oxygen atoms in total. The molecule has 0 radical (unpaired) electrons. The highest BCUT2D eigenvalue weighted by Gasteiger charge is 2.49. The van der Waals surface area contributed by atoms with Crippen molar-refractivity contribution in [3.05, 3.63) is 0 Å². The molecule has 1 aliphatic carbocycles. The number of rotatable bonds is 4. The highest BCUT2D eigenvalue weighted by molar-refractivity contribution is 5.79. The second-order valence-corrected chi connectivity index (χ2v) is 4.77. The van der Waals surface area contributed by atoms with Crippen LogP contribution in [0.4, 0.5) is 0 Å². The molecule has 1 unspecified atom stereocenters. The highest BCUT2D eigenvalue weighted by Crippen LogP contribution is 2.40. The summed E-state index contributed by atoms with van der Waals surface area (Å²) in [5.74, 6) is -1.06. The Morgan fingerprint density at radius 3 is 2.50 bits per heavy atom. The van der Waals surface area contributed by atoms with Gasteiger partial charge in [0, 0.05) is 14.2 Å². The molecular formula is C11H21NO4. The Bertz CT molecular complexity index is 271. The number of hydrogen-bond acceptors (Lipinski definition) is 4. The van der Waals surface area contributed by atoms with E-state index in [2.05, 4.69) is 0 Å². The van der Waals surface area contributed by atoms with Crippen LogP contribution < -0.4 is 5.73 Å². The maximum atomic E-state index is 11.1. The van der Waals surface area contributed by atoms with Gasteiger partial charge in [0.25, 0.3) is 0 Å². The van der Waals surface area contributed by atoms with E-state index in [4.69, 9.17) is 20.3 Å². The van der Waals surface area contributed by atoms with Crippen molar-refractivity contribution in [1.29, 1.82) is 0 Å². The van der Waals surface area contributed by atoms with Crippen molar-refractivity contribution in [1.82, 2.24) is 0 Å². The van der Waals surface area contributed by atoms with Crippen LogP contribution in [0.2, 0.25) is 0 Å². The van der Waals surface area contributed by atoms with E-state index in [9.17, 15) is 4.79 Å². The maximum absolute atomic E-state index is 11.1. The first-order valence-corrected chi connectivity index (χ1v) is 5.46. The first kappa shape index (κ1) is 13.4. The van der Waals surface area contributed by atoms with Gasteiger partial charge in [0.2, 0.25) is 0 Å². The van der Waals surface area contributed by atoms with Gasteiger partial charge < -0.3 is 20.3 Å². The summed E-state index contributed by atoms with van der Waals surface area (Å²) in [4.78, 5) is 11.1. The molecule has 3 atom stereocenters. The van der Waals surface area contributed by atoms with Gasteiger partial charge in [0.05, 0.1) is 12.2 Å². The maximum Gasteiger partial charge on any atom is 0.323 e. The lowest BCUT2D eigenvalue weighted by Crippen LogP contribution is -2.60. The van der Waals surface area contributed by atoms with E-state index in [1.807, 2.05) is 6.92 Å². The van der Waals surface area contributed by atoms with Gasteiger partial charge in [-0.2, -0.15) is 0 Å². The lowest BCUT2D eigenvalue weighted by molar-refractivity contribution is -0.155. The van der Waals surface area contributed by atoms with Gasteiger partial charge in [-0.3, -0.25) is 4.79 Å². The topological polar surface area (TPSA) is 81.8 Å². The van der Waals surface area contributed by atoms with Crippen LogP contribution >= 0.6 is 0 Å². The molecular weight excluding hydrogens is 210 g/mol. The zero-order chi connectivity index (χ0) is 12.4.